The molecule has 4 nitrogen and oxygen atoms in total. The molecule has 1 aliphatic heterocycles. The van der Waals surface area contributed by atoms with E-state index in [9.17, 15) is 4.79 Å². The normalized spacial score (nSPS) is 21.7. The molecule has 1 rings (SSSR count). The van der Waals surface area contributed by atoms with Crippen molar-refractivity contribution >= 4 is 5.91 Å². The molecule has 1 heterocycles. The van der Waals surface area contributed by atoms with Gasteiger partial charge in [-0.05, 0) is 12.8 Å². The van der Waals surface area contributed by atoms with Crippen LogP contribution in [0.25, 0.3) is 0 Å². The first kappa shape index (κ1) is 11.0. The fourth-order valence-electron chi connectivity index (χ4n) is 1.60. The van der Waals surface area contributed by atoms with Crippen molar-refractivity contribution in [2.45, 2.75) is 18.9 Å². The van der Waals surface area contributed by atoms with Gasteiger partial charge in [0, 0.05) is 13.1 Å². The summed E-state index contributed by atoms with van der Waals surface area (Å²) in [7, 11) is 0. The molecule has 0 aromatic carbocycles. The van der Waals surface area contributed by atoms with Crippen molar-refractivity contribution in [2.75, 3.05) is 26.2 Å². The molecular formula is C10H16N2O2. The molecular weight excluding hydrogens is 180 g/mol. The van der Waals surface area contributed by atoms with Crippen molar-refractivity contribution < 1.29 is 9.53 Å². The molecule has 0 aromatic rings. The fraction of sp³-hybridized carbons (Fsp3) is 0.700. The molecule has 0 aromatic heterocycles. The molecule has 0 bridgehead atoms. The van der Waals surface area contributed by atoms with Gasteiger partial charge in [0.25, 0.3) is 0 Å². The number of likely N-dealkylation sites (tertiary alicyclic amines) is 1. The maximum absolute atomic E-state index is 11.3. The van der Waals surface area contributed by atoms with Crippen molar-refractivity contribution in [2.24, 2.45) is 5.73 Å². The summed E-state index contributed by atoms with van der Waals surface area (Å²) in [5.41, 5.74) is 5.28. The monoisotopic (exact) mass is 196 g/mol. The number of terminal acetylenes is 1. The molecule has 1 aliphatic rings. The third kappa shape index (κ3) is 3.02. The molecule has 4 heteroatoms. The van der Waals surface area contributed by atoms with Gasteiger partial charge in [-0.3, -0.25) is 4.79 Å². The Morgan fingerprint density at radius 3 is 3.14 bits per heavy atom. The second kappa shape index (κ2) is 5.63. The van der Waals surface area contributed by atoms with E-state index in [0.29, 0.717) is 13.2 Å². The minimum absolute atomic E-state index is 0.0148. The number of carbonyl (C=O) groups excluding carboxylic acids is 1. The molecule has 14 heavy (non-hydrogen) atoms. The molecule has 1 saturated heterocycles. The van der Waals surface area contributed by atoms with E-state index in [-0.39, 0.29) is 18.6 Å². The largest absolute Gasteiger partial charge is 0.364 e. The van der Waals surface area contributed by atoms with Crippen LogP contribution in [0.15, 0.2) is 0 Å². The Balaban J connectivity index is 2.36. The zero-order valence-corrected chi connectivity index (χ0v) is 8.24. The van der Waals surface area contributed by atoms with E-state index >= 15 is 0 Å². The van der Waals surface area contributed by atoms with E-state index in [4.69, 9.17) is 16.9 Å². The van der Waals surface area contributed by atoms with Crippen LogP contribution in [0.2, 0.25) is 0 Å². The molecule has 0 spiro atoms. The highest BCUT2D eigenvalue weighted by atomic mass is 16.5. The van der Waals surface area contributed by atoms with Gasteiger partial charge >= 0.3 is 0 Å². The van der Waals surface area contributed by atoms with E-state index in [1.807, 2.05) is 0 Å². The van der Waals surface area contributed by atoms with Crippen LogP contribution >= 0.6 is 0 Å². The summed E-state index contributed by atoms with van der Waals surface area (Å²) >= 11 is 0. The summed E-state index contributed by atoms with van der Waals surface area (Å²) in [6.07, 6.45) is 7.10. The summed E-state index contributed by atoms with van der Waals surface area (Å²) in [6, 6.07) is 0. The predicted molar refractivity (Wildman–Crippen MR) is 53.4 cm³/mol. The topological polar surface area (TPSA) is 55.6 Å². The first-order valence-electron chi connectivity index (χ1n) is 4.81. The highest BCUT2D eigenvalue weighted by Crippen LogP contribution is 2.12. The third-order valence-corrected chi connectivity index (χ3v) is 2.31. The lowest BCUT2D eigenvalue weighted by atomic mass is 10.1. The number of ether oxygens (including phenoxy) is 1. The maximum atomic E-state index is 11.3. The Bertz CT molecular complexity index is 235. The Kier molecular flexibility index (Phi) is 4.44. The predicted octanol–water partition coefficient (Wildman–Crippen LogP) is -0.414. The van der Waals surface area contributed by atoms with Gasteiger partial charge in [-0.2, -0.15) is 0 Å². The van der Waals surface area contributed by atoms with Crippen LogP contribution in [-0.2, 0) is 9.53 Å². The van der Waals surface area contributed by atoms with Crippen LogP contribution in [0.3, 0.4) is 0 Å². The summed E-state index contributed by atoms with van der Waals surface area (Å²) in [5, 5.41) is 0. The Morgan fingerprint density at radius 1 is 1.71 bits per heavy atom. The summed E-state index contributed by atoms with van der Waals surface area (Å²) in [6.45, 7) is 1.79. The Morgan fingerprint density at radius 2 is 2.50 bits per heavy atom. The molecule has 0 radical (unpaired) electrons. The number of carbonyl (C=O) groups is 1. The van der Waals surface area contributed by atoms with Crippen molar-refractivity contribution in [1.82, 2.24) is 4.90 Å². The molecule has 1 atom stereocenters. The average Bonchev–Trinajstić information content (AvgIpc) is 2.25. The average molecular weight is 196 g/mol. The number of amides is 1. The molecule has 1 amide bonds. The zero-order chi connectivity index (χ0) is 10.4. The van der Waals surface area contributed by atoms with Crippen molar-refractivity contribution in [3.63, 3.8) is 0 Å². The lowest BCUT2D eigenvalue weighted by molar-refractivity contribution is -0.133. The molecule has 2 N–H and O–H groups in total. The van der Waals surface area contributed by atoms with E-state index in [1.54, 1.807) is 4.90 Å². The number of piperidine rings is 1. The van der Waals surface area contributed by atoms with Gasteiger partial charge in [0.1, 0.15) is 6.61 Å². The molecule has 0 saturated carbocycles. The van der Waals surface area contributed by atoms with Crippen molar-refractivity contribution in [3.05, 3.63) is 0 Å². The van der Waals surface area contributed by atoms with Crippen LogP contribution < -0.4 is 5.73 Å². The van der Waals surface area contributed by atoms with Crippen LogP contribution in [0.5, 0.6) is 0 Å². The second-order valence-electron chi connectivity index (χ2n) is 3.32. The molecule has 0 aliphatic carbocycles. The summed E-state index contributed by atoms with van der Waals surface area (Å²) < 4.78 is 5.39. The number of hydrogen-bond donors (Lipinski definition) is 1. The van der Waals surface area contributed by atoms with Gasteiger partial charge in [-0.25, -0.2) is 0 Å². The Hall–Kier alpha value is -1.05. The zero-order valence-electron chi connectivity index (χ0n) is 8.24. The SMILES string of the molecule is C#CCOC1CCCN(C(=O)CN)C1. The molecule has 1 fully saturated rings. The van der Waals surface area contributed by atoms with E-state index in [2.05, 4.69) is 5.92 Å². The standard InChI is InChI=1S/C10H16N2O2/c1-2-6-14-9-4-3-5-12(8-9)10(13)7-11/h1,9H,3-8,11H2. The van der Waals surface area contributed by atoms with E-state index in [1.165, 1.54) is 0 Å². The van der Waals surface area contributed by atoms with Crippen molar-refractivity contribution in [1.29, 1.82) is 0 Å². The minimum Gasteiger partial charge on any atom is -0.364 e. The molecule has 1 unspecified atom stereocenters. The van der Waals surface area contributed by atoms with Gasteiger partial charge < -0.3 is 15.4 Å². The van der Waals surface area contributed by atoms with Gasteiger partial charge in [0.15, 0.2) is 0 Å². The highest BCUT2D eigenvalue weighted by Gasteiger charge is 2.22. The fourth-order valence-corrected chi connectivity index (χ4v) is 1.60. The van der Waals surface area contributed by atoms with Gasteiger partial charge in [-0.1, -0.05) is 5.92 Å². The third-order valence-electron chi connectivity index (χ3n) is 2.31. The number of rotatable bonds is 3. The van der Waals surface area contributed by atoms with E-state index < -0.39 is 0 Å². The van der Waals surface area contributed by atoms with Gasteiger partial charge in [-0.15, -0.1) is 6.42 Å². The first-order chi connectivity index (χ1) is 6.77. The number of nitrogens with two attached hydrogens (primary N) is 1. The Labute approximate surface area is 84.4 Å². The quantitative estimate of drug-likeness (QED) is 0.624. The van der Waals surface area contributed by atoms with Gasteiger partial charge in [0.05, 0.1) is 12.6 Å². The number of hydrogen-bond acceptors (Lipinski definition) is 3. The minimum atomic E-state index is -0.0148. The van der Waals surface area contributed by atoms with Crippen LogP contribution in [-0.4, -0.2) is 43.2 Å². The molecule has 78 valence electrons. The summed E-state index contributed by atoms with van der Waals surface area (Å²) in [4.78, 5) is 13.0. The lowest BCUT2D eigenvalue weighted by Gasteiger charge is -2.32. The first-order valence-corrected chi connectivity index (χ1v) is 4.81. The van der Waals surface area contributed by atoms with E-state index in [0.717, 1.165) is 19.4 Å². The smallest absolute Gasteiger partial charge is 0.236 e. The van der Waals surface area contributed by atoms with Crippen LogP contribution in [0.4, 0.5) is 0 Å². The van der Waals surface area contributed by atoms with Crippen molar-refractivity contribution in [3.8, 4) is 12.3 Å². The van der Waals surface area contributed by atoms with Gasteiger partial charge in [0.2, 0.25) is 5.91 Å². The maximum Gasteiger partial charge on any atom is 0.236 e. The number of nitrogens with zero attached hydrogens (tertiary/aromatic N) is 1. The van der Waals surface area contributed by atoms with Crippen LogP contribution in [0, 0.1) is 12.3 Å². The van der Waals surface area contributed by atoms with Crippen LogP contribution in [0.1, 0.15) is 12.8 Å². The highest BCUT2D eigenvalue weighted by molar-refractivity contribution is 5.78. The summed E-state index contributed by atoms with van der Waals surface area (Å²) in [5.74, 6) is 2.41. The lowest BCUT2D eigenvalue weighted by Crippen LogP contribution is -2.45. The second-order valence-corrected chi connectivity index (χ2v) is 3.32.